The first-order chi connectivity index (χ1) is 9.76. The number of rotatable bonds is 5. The van der Waals surface area contributed by atoms with Gasteiger partial charge in [-0.2, -0.15) is 0 Å². The summed E-state index contributed by atoms with van der Waals surface area (Å²) in [7, 11) is 1.02. The van der Waals surface area contributed by atoms with E-state index in [1.807, 2.05) is 5.32 Å². The van der Waals surface area contributed by atoms with Crippen LogP contribution in [-0.2, 0) is 14.3 Å². The standard InChI is InChI=1S/C12H13F2N3O4/c1-21-12(20)5-2-9(7(14)3-6(5)13)17-11(19)8(15)4-10(16)18/h2-3,8H,4,15H2,1H3,(H2,16,18)(H,17,19). The van der Waals surface area contributed by atoms with E-state index in [1.54, 1.807) is 0 Å². The van der Waals surface area contributed by atoms with Gasteiger partial charge in [-0.05, 0) is 6.07 Å². The predicted molar refractivity (Wildman–Crippen MR) is 68.1 cm³/mol. The lowest BCUT2D eigenvalue weighted by atomic mass is 10.1. The zero-order valence-corrected chi connectivity index (χ0v) is 11.0. The van der Waals surface area contributed by atoms with Crippen molar-refractivity contribution in [3.63, 3.8) is 0 Å². The second kappa shape index (κ2) is 6.75. The van der Waals surface area contributed by atoms with Crippen LogP contribution >= 0.6 is 0 Å². The molecule has 114 valence electrons. The summed E-state index contributed by atoms with van der Waals surface area (Å²) in [6.07, 6.45) is -0.446. The van der Waals surface area contributed by atoms with Crippen LogP contribution < -0.4 is 16.8 Å². The van der Waals surface area contributed by atoms with Crippen LogP contribution in [0.2, 0.25) is 0 Å². The fraction of sp³-hybridized carbons (Fsp3) is 0.250. The van der Waals surface area contributed by atoms with Crippen molar-refractivity contribution in [2.45, 2.75) is 12.5 Å². The SMILES string of the molecule is COC(=O)c1cc(NC(=O)C(N)CC(N)=O)c(F)cc1F. The minimum Gasteiger partial charge on any atom is -0.465 e. The molecule has 1 rings (SSSR count). The Bertz CT molecular complexity index is 592. The summed E-state index contributed by atoms with van der Waals surface area (Å²) in [6.45, 7) is 0. The Hall–Kier alpha value is -2.55. The van der Waals surface area contributed by atoms with E-state index in [9.17, 15) is 23.2 Å². The summed E-state index contributed by atoms with van der Waals surface area (Å²) in [5, 5.41) is 2.04. The first-order valence-electron chi connectivity index (χ1n) is 5.68. The van der Waals surface area contributed by atoms with Crippen LogP contribution in [0.1, 0.15) is 16.8 Å². The maximum Gasteiger partial charge on any atom is 0.340 e. The molecule has 9 heteroatoms. The normalized spacial score (nSPS) is 11.6. The molecule has 0 aliphatic rings. The summed E-state index contributed by atoms with van der Waals surface area (Å²) >= 11 is 0. The molecule has 0 saturated carbocycles. The van der Waals surface area contributed by atoms with Crippen molar-refractivity contribution >= 4 is 23.5 Å². The molecule has 2 amide bonds. The number of anilines is 1. The first-order valence-corrected chi connectivity index (χ1v) is 5.68. The highest BCUT2D eigenvalue weighted by molar-refractivity contribution is 5.98. The molecule has 5 N–H and O–H groups in total. The lowest BCUT2D eigenvalue weighted by Gasteiger charge is -2.12. The zero-order chi connectivity index (χ0) is 16.2. The molecule has 21 heavy (non-hydrogen) atoms. The van der Waals surface area contributed by atoms with E-state index in [1.165, 1.54) is 0 Å². The van der Waals surface area contributed by atoms with Crippen LogP contribution in [0.5, 0.6) is 0 Å². The van der Waals surface area contributed by atoms with Gasteiger partial charge in [-0.25, -0.2) is 13.6 Å². The summed E-state index contributed by atoms with van der Waals surface area (Å²) in [5.41, 5.74) is 9.21. The average molecular weight is 301 g/mol. The third-order valence-electron chi connectivity index (χ3n) is 2.48. The molecule has 1 aromatic carbocycles. The molecule has 7 nitrogen and oxygen atoms in total. The fourth-order valence-electron chi connectivity index (χ4n) is 1.45. The molecule has 0 bridgehead atoms. The molecular formula is C12H13F2N3O4. The second-order valence-corrected chi connectivity index (χ2v) is 4.07. The number of esters is 1. The van der Waals surface area contributed by atoms with Gasteiger partial charge in [0, 0.05) is 6.07 Å². The topological polar surface area (TPSA) is 125 Å². The maximum absolute atomic E-state index is 13.5. The van der Waals surface area contributed by atoms with E-state index in [0.717, 1.165) is 13.2 Å². The third kappa shape index (κ3) is 4.21. The van der Waals surface area contributed by atoms with E-state index in [4.69, 9.17) is 11.5 Å². The highest BCUT2D eigenvalue weighted by Crippen LogP contribution is 2.20. The maximum atomic E-state index is 13.5. The van der Waals surface area contributed by atoms with Crippen molar-refractivity contribution in [3.8, 4) is 0 Å². The molecule has 0 saturated heterocycles. The summed E-state index contributed by atoms with van der Waals surface area (Å²) in [6, 6.07) is -0.110. The van der Waals surface area contributed by atoms with E-state index in [2.05, 4.69) is 4.74 Å². The Morgan fingerprint density at radius 3 is 2.43 bits per heavy atom. The number of nitrogens with two attached hydrogens (primary N) is 2. The molecule has 0 aromatic heterocycles. The number of carbonyl (C=O) groups excluding carboxylic acids is 3. The quantitative estimate of drug-likeness (QED) is 0.655. The van der Waals surface area contributed by atoms with Crippen molar-refractivity contribution in [1.82, 2.24) is 0 Å². The molecule has 0 heterocycles. The number of methoxy groups -OCH3 is 1. The van der Waals surface area contributed by atoms with Crippen LogP contribution in [-0.4, -0.2) is 30.9 Å². The van der Waals surface area contributed by atoms with Crippen molar-refractivity contribution in [3.05, 3.63) is 29.3 Å². The number of benzene rings is 1. The number of ether oxygens (including phenoxy) is 1. The van der Waals surface area contributed by atoms with Gasteiger partial charge in [0.15, 0.2) is 0 Å². The lowest BCUT2D eigenvalue weighted by Crippen LogP contribution is -2.39. The monoisotopic (exact) mass is 301 g/mol. The number of primary amides is 1. The van der Waals surface area contributed by atoms with E-state index < -0.39 is 53.1 Å². The summed E-state index contributed by atoms with van der Waals surface area (Å²) in [5.74, 6) is -5.01. The number of halogens is 2. The van der Waals surface area contributed by atoms with Gasteiger partial charge in [-0.15, -0.1) is 0 Å². The predicted octanol–water partition coefficient (Wildman–Crippen LogP) is -0.107. The van der Waals surface area contributed by atoms with Crippen LogP contribution in [0.15, 0.2) is 12.1 Å². The second-order valence-electron chi connectivity index (χ2n) is 4.07. The Labute approximate surface area is 118 Å². The Balaban J connectivity index is 3.00. The number of hydrogen-bond donors (Lipinski definition) is 3. The average Bonchev–Trinajstić information content (AvgIpc) is 2.40. The first kappa shape index (κ1) is 16.5. The lowest BCUT2D eigenvalue weighted by molar-refractivity contribution is -0.123. The molecule has 0 aliphatic heterocycles. The molecule has 1 aromatic rings. The number of amides is 2. The van der Waals surface area contributed by atoms with Gasteiger partial charge in [0.05, 0.1) is 30.8 Å². The van der Waals surface area contributed by atoms with Crippen LogP contribution in [0.25, 0.3) is 0 Å². The zero-order valence-electron chi connectivity index (χ0n) is 11.0. The Kier molecular flexibility index (Phi) is 5.30. The van der Waals surface area contributed by atoms with Gasteiger partial charge in [-0.3, -0.25) is 9.59 Å². The Morgan fingerprint density at radius 2 is 1.90 bits per heavy atom. The largest absolute Gasteiger partial charge is 0.465 e. The Morgan fingerprint density at radius 1 is 1.29 bits per heavy atom. The van der Waals surface area contributed by atoms with Crippen LogP contribution in [0.3, 0.4) is 0 Å². The molecule has 0 radical (unpaired) electrons. The smallest absolute Gasteiger partial charge is 0.340 e. The minimum absolute atomic E-state index is 0.418. The summed E-state index contributed by atoms with van der Waals surface area (Å²) < 4.78 is 31.3. The molecule has 1 unspecified atom stereocenters. The van der Waals surface area contributed by atoms with Gasteiger partial charge in [0.2, 0.25) is 11.8 Å². The van der Waals surface area contributed by atoms with Gasteiger partial charge in [0.25, 0.3) is 0 Å². The number of carbonyl (C=O) groups is 3. The van der Waals surface area contributed by atoms with Gasteiger partial charge in [0.1, 0.15) is 11.6 Å². The van der Waals surface area contributed by atoms with Crippen LogP contribution in [0, 0.1) is 11.6 Å². The van der Waals surface area contributed by atoms with Crippen molar-refractivity contribution < 1.29 is 27.9 Å². The van der Waals surface area contributed by atoms with Crippen molar-refractivity contribution in [2.24, 2.45) is 11.5 Å². The highest BCUT2D eigenvalue weighted by Gasteiger charge is 2.21. The highest BCUT2D eigenvalue weighted by atomic mass is 19.1. The van der Waals surface area contributed by atoms with Crippen LogP contribution in [0.4, 0.5) is 14.5 Å². The summed E-state index contributed by atoms with van der Waals surface area (Å²) in [4.78, 5) is 33.5. The number of nitrogens with one attached hydrogen (secondary N) is 1. The third-order valence-corrected chi connectivity index (χ3v) is 2.48. The number of hydrogen-bond acceptors (Lipinski definition) is 5. The molecule has 0 spiro atoms. The van der Waals surface area contributed by atoms with Crippen molar-refractivity contribution in [1.29, 1.82) is 0 Å². The van der Waals surface area contributed by atoms with Gasteiger partial charge < -0.3 is 21.5 Å². The van der Waals surface area contributed by atoms with E-state index >= 15 is 0 Å². The molecular weight excluding hydrogens is 288 g/mol. The molecule has 0 fully saturated rings. The fourth-order valence-corrected chi connectivity index (χ4v) is 1.45. The van der Waals surface area contributed by atoms with E-state index in [-0.39, 0.29) is 0 Å². The van der Waals surface area contributed by atoms with Crippen molar-refractivity contribution in [2.75, 3.05) is 12.4 Å². The minimum atomic E-state index is -1.30. The molecule has 1 atom stereocenters. The van der Waals surface area contributed by atoms with Gasteiger partial charge >= 0.3 is 5.97 Å². The van der Waals surface area contributed by atoms with Gasteiger partial charge in [-0.1, -0.05) is 0 Å². The molecule has 0 aliphatic carbocycles. The van der Waals surface area contributed by atoms with E-state index in [0.29, 0.717) is 6.07 Å².